The van der Waals surface area contributed by atoms with Crippen LogP contribution in [0.2, 0.25) is 0 Å². The molecule has 14 heavy (non-hydrogen) atoms. The minimum absolute atomic E-state index is 0.134. The van der Waals surface area contributed by atoms with Crippen molar-refractivity contribution in [1.29, 1.82) is 0 Å². The van der Waals surface area contributed by atoms with Gasteiger partial charge in [0.15, 0.2) is 0 Å². The van der Waals surface area contributed by atoms with Gasteiger partial charge in [0.1, 0.15) is 0 Å². The molecule has 1 rings (SSSR count). The predicted octanol–water partition coefficient (Wildman–Crippen LogP) is -0.423. The largest absolute Gasteiger partial charge is 0.340 e. The van der Waals surface area contributed by atoms with E-state index in [2.05, 4.69) is 12.2 Å². The van der Waals surface area contributed by atoms with E-state index in [0.29, 0.717) is 31.1 Å². The highest BCUT2D eigenvalue weighted by molar-refractivity contribution is 7.85. The molecule has 0 bridgehead atoms. The average Bonchev–Trinajstić information content (AvgIpc) is 2.19. The highest BCUT2D eigenvalue weighted by Gasteiger charge is 2.18. The second kappa shape index (κ2) is 6.14. The van der Waals surface area contributed by atoms with Crippen LogP contribution in [0.15, 0.2) is 0 Å². The summed E-state index contributed by atoms with van der Waals surface area (Å²) in [5.74, 6) is 1.41. The van der Waals surface area contributed by atoms with Crippen molar-refractivity contribution in [2.75, 3.05) is 37.7 Å². The SMILES string of the molecule is CCCNCC(=O)N1CCS(=O)CC1. The van der Waals surface area contributed by atoms with E-state index in [1.54, 1.807) is 4.90 Å². The van der Waals surface area contributed by atoms with Crippen molar-refractivity contribution >= 4 is 16.7 Å². The number of carbonyl (C=O) groups excluding carboxylic acids is 1. The van der Waals surface area contributed by atoms with Gasteiger partial charge in [0.25, 0.3) is 0 Å². The number of hydrogen-bond acceptors (Lipinski definition) is 3. The molecule has 1 N–H and O–H groups in total. The van der Waals surface area contributed by atoms with Crippen LogP contribution in [-0.4, -0.2) is 52.7 Å². The van der Waals surface area contributed by atoms with E-state index in [1.165, 1.54) is 0 Å². The molecule has 0 radical (unpaired) electrons. The highest BCUT2D eigenvalue weighted by atomic mass is 32.2. The quantitative estimate of drug-likeness (QED) is 0.652. The summed E-state index contributed by atoms with van der Waals surface area (Å²) < 4.78 is 11.0. The zero-order chi connectivity index (χ0) is 10.4. The van der Waals surface area contributed by atoms with Gasteiger partial charge in [0.2, 0.25) is 5.91 Å². The molecule has 1 amide bonds. The van der Waals surface area contributed by atoms with Crippen LogP contribution in [0.3, 0.4) is 0 Å². The van der Waals surface area contributed by atoms with E-state index >= 15 is 0 Å². The van der Waals surface area contributed by atoms with Crippen LogP contribution >= 0.6 is 0 Å². The minimum Gasteiger partial charge on any atom is -0.340 e. The van der Waals surface area contributed by atoms with Crippen molar-refractivity contribution in [2.24, 2.45) is 0 Å². The first-order valence-electron chi connectivity index (χ1n) is 5.07. The molecule has 0 atom stereocenters. The Morgan fingerprint density at radius 3 is 2.64 bits per heavy atom. The van der Waals surface area contributed by atoms with E-state index in [0.717, 1.165) is 13.0 Å². The van der Waals surface area contributed by atoms with Crippen LogP contribution in [0, 0.1) is 0 Å². The number of carbonyl (C=O) groups is 1. The fourth-order valence-corrected chi connectivity index (χ4v) is 2.42. The van der Waals surface area contributed by atoms with Crippen LogP contribution in [0.5, 0.6) is 0 Å². The second-order valence-corrected chi connectivity index (χ2v) is 5.10. The molecular weight excluding hydrogens is 200 g/mol. The van der Waals surface area contributed by atoms with Crippen LogP contribution in [0.1, 0.15) is 13.3 Å². The minimum atomic E-state index is -0.699. The molecule has 1 aliphatic rings. The topological polar surface area (TPSA) is 49.4 Å². The standard InChI is InChI=1S/C9H18N2O2S/c1-2-3-10-8-9(12)11-4-6-14(13)7-5-11/h10H,2-8H2,1H3. The first-order chi connectivity index (χ1) is 6.74. The molecule has 4 nitrogen and oxygen atoms in total. The van der Waals surface area contributed by atoms with Crippen LogP contribution in [0.4, 0.5) is 0 Å². The Morgan fingerprint density at radius 1 is 1.43 bits per heavy atom. The summed E-state index contributed by atoms with van der Waals surface area (Å²) in [7, 11) is -0.699. The fraction of sp³-hybridized carbons (Fsp3) is 0.889. The van der Waals surface area contributed by atoms with Gasteiger partial charge in [-0.2, -0.15) is 0 Å². The summed E-state index contributed by atoms with van der Waals surface area (Å²) >= 11 is 0. The van der Waals surface area contributed by atoms with Gasteiger partial charge < -0.3 is 10.2 Å². The van der Waals surface area contributed by atoms with Crippen molar-refractivity contribution in [3.63, 3.8) is 0 Å². The summed E-state index contributed by atoms with van der Waals surface area (Å²) in [6, 6.07) is 0. The number of nitrogens with zero attached hydrogens (tertiary/aromatic N) is 1. The van der Waals surface area contributed by atoms with E-state index < -0.39 is 10.8 Å². The molecule has 1 heterocycles. The first-order valence-corrected chi connectivity index (χ1v) is 6.56. The Labute approximate surface area is 87.5 Å². The maximum atomic E-state index is 11.5. The zero-order valence-corrected chi connectivity index (χ0v) is 9.44. The van der Waals surface area contributed by atoms with Gasteiger partial charge in [-0.25, -0.2) is 0 Å². The van der Waals surface area contributed by atoms with Crippen molar-refractivity contribution in [3.05, 3.63) is 0 Å². The molecule has 1 saturated heterocycles. The molecule has 1 fully saturated rings. The molecule has 5 heteroatoms. The average molecular weight is 218 g/mol. The number of rotatable bonds is 4. The molecule has 0 aromatic carbocycles. The monoisotopic (exact) mass is 218 g/mol. The third-order valence-corrected chi connectivity index (χ3v) is 3.51. The molecule has 0 aromatic rings. The van der Waals surface area contributed by atoms with Gasteiger partial charge >= 0.3 is 0 Å². The third-order valence-electron chi connectivity index (χ3n) is 2.23. The summed E-state index contributed by atoms with van der Waals surface area (Å²) in [6.07, 6.45) is 1.04. The summed E-state index contributed by atoms with van der Waals surface area (Å²) in [5.41, 5.74) is 0. The van der Waals surface area contributed by atoms with Gasteiger partial charge in [-0.1, -0.05) is 6.92 Å². The van der Waals surface area contributed by atoms with Gasteiger partial charge in [0.05, 0.1) is 6.54 Å². The Morgan fingerprint density at radius 2 is 2.07 bits per heavy atom. The molecule has 0 aliphatic carbocycles. The van der Waals surface area contributed by atoms with Crippen molar-refractivity contribution in [3.8, 4) is 0 Å². The van der Waals surface area contributed by atoms with E-state index in [-0.39, 0.29) is 5.91 Å². The van der Waals surface area contributed by atoms with E-state index in [9.17, 15) is 9.00 Å². The number of amides is 1. The summed E-state index contributed by atoms with van der Waals surface area (Å²) in [4.78, 5) is 13.3. The van der Waals surface area contributed by atoms with Crippen molar-refractivity contribution < 1.29 is 9.00 Å². The Hall–Kier alpha value is -0.420. The molecule has 0 spiro atoms. The van der Waals surface area contributed by atoms with E-state index in [4.69, 9.17) is 0 Å². The Kier molecular flexibility index (Phi) is 5.11. The lowest BCUT2D eigenvalue weighted by molar-refractivity contribution is -0.129. The predicted molar refractivity (Wildman–Crippen MR) is 57.6 cm³/mol. The number of hydrogen-bond donors (Lipinski definition) is 1. The molecular formula is C9H18N2O2S. The van der Waals surface area contributed by atoms with Gasteiger partial charge in [-0.05, 0) is 13.0 Å². The van der Waals surface area contributed by atoms with Crippen LogP contribution in [-0.2, 0) is 15.6 Å². The lowest BCUT2D eigenvalue weighted by Crippen LogP contribution is -2.45. The normalized spacial score (nSPS) is 18.5. The highest BCUT2D eigenvalue weighted by Crippen LogP contribution is 1.99. The van der Waals surface area contributed by atoms with Crippen LogP contribution in [0.25, 0.3) is 0 Å². The molecule has 0 unspecified atom stereocenters. The van der Waals surface area contributed by atoms with Crippen LogP contribution < -0.4 is 5.32 Å². The summed E-state index contributed by atoms with van der Waals surface area (Å²) in [5, 5.41) is 3.08. The lowest BCUT2D eigenvalue weighted by Gasteiger charge is -2.26. The van der Waals surface area contributed by atoms with Crippen molar-refractivity contribution in [2.45, 2.75) is 13.3 Å². The fourth-order valence-electron chi connectivity index (χ4n) is 1.37. The lowest BCUT2D eigenvalue weighted by atomic mass is 10.4. The summed E-state index contributed by atoms with van der Waals surface area (Å²) in [6.45, 7) is 4.67. The molecule has 0 aromatic heterocycles. The Bertz CT molecular complexity index is 211. The maximum absolute atomic E-state index is 11.5. The smallest absolute Gasteiger partial charge is 0.236 e. The molecule has 1 aliphatic heterocycles. The number of nitrogens with one attached hydrogen (secondary N) is 1. The van der Waals surface area contributed by atoms with Gasteiger partial charge in [-0.15, -0.1) is 0 Å². The van der Waals surface area contributed by atoms with Gasteiger partial charge in [0, 0.05) is 35.4 Å². The zero-order valence-electron chi connectivity index (χ0n) is 8.62. The molecule has 82 valence electrons. The maximum Gasteiger partial charge on any atom is 0.236 e. The molecule has 0 saturated carbocycles. The first kappa shape index (κ1) is 11.7. The Balaban J connectivity index is 2.20. The third kappa shape index (κ3) is 3.75. The second-order valence-electron chi connectivity index (χ2n) is 3.41. The van der Waals surface area contributed by atoms with Crippen molar-refractivity contribution in [1.82, 2.24) is 10.2 Å². The van der Waals surface area contributed by atoms with Gasteiger partial charge in [-0.3, -0.25) is 9.00 Å². The van der Waals surface area contributed by atoms with E-state index in [1.807, 2.05) is 0 Å².